The maximum atomic E-state index is 15.0. The van der Waals surface area contributed by atoms with E-state index in [1.54, 1.807) is 76.5 Å². The van der Waals surface area contributed by atoms with E-state index in [1.807, 2.05) is 5.38 Å². The molecule has 0 saturated heterocycles. The van der Waals surface area contributed by atoms with Crippen LogP contribution in [0.1, 0.15) is 155 Å². The fourth-order valence-electron chi connectivity index (χ4n) is 14.1. The van der Waals surface area contributed by atoms with Gasteiger partial charge in [0.05, 0.1) is 13.0 Å². The summed E-state index contributed by atoms with van der Waals surface area (Å²) < 4.78 is 178. The molecule has 0 saturated carbocycles. The van der Waals surface area contributed by atoms with Gasteiger partial charge in [-0.05, 0) is 181 Å². The van der Waals surface area contributed by atoms with Gasteiger partial charge in [0.1, 0.15) is 105 Å². The first-order valence-electron chi connectivity index (χ1n) is 38.1. The van der Waals surface area contributed by atoms with Crippen LogP contribution in [0.4, 0.5) is 40.3 Å². The van der Waals surface area contributed by atoms with Gasteiger partial charge in [-0.25, -0.2) is 78.4 Å². The van der Waals surface area contributed by atoms with Crippen molar-refractivity contribution >= 4 is 137 Å². The molecule has 0 fully saturated rings. The first kappa shape index (κ1) is 95.3. The summed E-state index contributed by atoms with van der Waals surface area (Å²) in [7, 11) is -8.11. The van der Waals surface area contributed by atoms with Crippen molar-refractivity contribution in [1.82, 2.24) is 36.7 Å². The lowest BCUT2D eigenvalue weighted by molar-refractivity contribution is -0.117. The number of nitrogens with one attached hydrogen (secondary N) is 4. The number of halogens is 4. The number of likely N-dealkylation sites (N-methyl/N-ethyl adjacent to an activating group) is 4. The first-order chi connectivity index (χ1) is 57.2. The summed E-state index contributed by atoms with van der Waals surface area (Å²) in [6.07, 6.45) is 3.55. The summed E-state index contributed by atoms with van der Waals surface area (Å²) in [5.74, 6) is -3.55. The molecule has 4 aliphatic heterocycles. The molecule has 0 aliphatic carbocycles. The van der Waals surface area contributed by atoms with Crippen LogP contribution in [-0.2, 0) is 71.8 Å². The molecule has 0 radical (unpaired) electrons. The van der Waals surface area contributed by atoms with Crippen LogP contribution in [0.5, 0.6) is 0 Å². The van der Waals surface area contributed by atoms with Crippen molar-refractivity contribution in [3.8, 4) is 0 Å². The summed E-state index contributed by atoms with van der Waals surface area (Å²) >= 11 is 1.40. The molecule has 4 atom stereocenters. The third-order valence-corrected chi connectivity index (χ3v) is 32.6. The summed E-state index contributed by atoms with van der Waals surface area (Å²) in [4.78, 5) is 76.6. The Morgan fingerprint density at radius 2 is 0.823 bits per heavy atom. The van der Waals surface area contributed by atoms with Crippen LogP contribution in [-0.4, -0.2) is 204 Å². The zero-order valence-electron chi connectivity index (χ0n) is 71.6. The largest absolute Gasteiger partial charge is 0.441 e. The van der Waals surface area contributed by atoms with E-state index in [2.05, 4.69) is 56.4 Å². The molecule has 4 amide bonds. The average molecular weight is 1820 g/mol. The van der Waals surface area contributed by atoms with Gasteiger partial charge in [-0.15, -0.1) is 11.3 Å². The molecule has 4 aliphatic rings. The Kier molecular flexibility index (Phi) is 26.5. The number of fused-ring (bicyclic) bond motifs is 2. The quantitative estimate of drug-likeness (QED) is 0.0470. The number of amidine groups is 4. The van der Waals surface area contributed by atoms with Gasteiger partial charge in [0, 0.05) is 143 Å². The highest BCUT2D eigenvalue weighted by Gasteiger charge is 2.53. The molecule has 124 heavy (non-hydrogen) atoms. The molecule has 5 aromatic carbocycles. The predicted molar refractivity (Wildman–Crippen MR) is 466 cm³/mol. The molecule has 13 rings (SSSR count). The maximum absolute atomic E-state index is 15.0. The van der Waals surface area contributed by atoms with Crippen LogP contribution in [0.2, 0.25) is 0 Å². The summed E-state index contributed by atoms with van der Waals surface area (Å²) in [5.41, 5.74) is 22.6. The molecule has 44 heteroatoms. The SMILES string of the molecule is CN1C[C@@](C)(c2cc(NC(=O)c3cn4ccsc4n3)ccc2F)N=C(N)C(C)(C)S1(=O)=O.COCCC(=O)Nc1ccc(F)c([C@]2(C)CN(C)S(=O)(=O)C(C)(C)C(N)=N2)c1.Cc1cc(C(=O)Nc2ccc(F)c([C@]3(C)CN(C)S(=O)(=O)C(C)(C)C(N)=N3)c2)no1.Cc1nc2ccc(C(=O)Nc3ccc(F)c([C@]4(C)CN(C)S(=O)(=O)C(C)(C)C(N)=N4)c3)cc2o1. The second kappa shape index (κ2) is 34.5. The number of thiazole rings is 1. The van der Waals surface area contributed by atoms with E-state index in [0.717, 1.165) is 17.2 Å². The highest BCUT2D eigenvalue weighted by molar-refractivity contribution is 7.92. The molecular formula is C80H100F4N20O15S5. The van der Waals surface area contributed by atoms with Crippen LogP contribution in [0.3, 0.4) is 0 Å². The van der Waals surface area contributed by atoms with Gasteiger partial charge >= 0.3 is 0 Å². The molecule has 668 valence electrons. The first-order valence-corrected chi connectivity index (χ1v) is 44.8. The van der Waals surface area contributed by atoms with E-state index in [0.29, 0.717) is 56.0 Å². The zero-order valence-corrected chi connectivity index (χ0v) is 75.6. The fourth-order valence-corrected chi connectivity index (χ4v) is 20.8. The van der Waals surface area contributed by atoms with Crippen LogP contribution < -0.4 is 44.2 Å². The predicted octanol–water partition coefficient (Wildman–Crippen LogP) is 8.99. The molecule has 8 heterocycles. The van der Waals surface area contributed by atoms with Crippen LogP contribution in [0.15, 0.2) is 144 Å². The number of anilines is 4. The molecular weight excluding hydrogens is 1720 g/mol. The number of aliphatic imine (C=N–C) groups is 4. The smallest absolute Gasteiger partial charge is 0.277 e. The highest BCUT2D eigenvalue weighted by Crippen LogP contribution is 2.43. The highest BCUT2D eigenvalue weighted by atomic mass is 32.2. The van der Waals surface area contributed by atoms with E-state index in [-0.39, 0.29) is 102 Å². The number of nitrogens with zero attached hydrogens (tertiary/aromatic N) is 12. The molecule has 0 spiro atoms. The number of amides is 4. The van der Waals surface area contributed by atoms with Crippen molar-refractivity contribution in [3.05, 3.63) is 189 Å². The van der Waals surface area contributed by atoms with Crippen molar-refractivity contribution < 1.29 is 84.1 Å². The van der Waals surface area contributed by atoms with E-state index < -0.39 is 122 Å². The fraction of sp³-hybridized carbons (Fsp3) is 0.412. The van der Waals surface area contributed by atoms with Crippen LogP contribution in [0, 0.1) is 37.1 Å². The van der Waals surface area contributed by atoms with Gasteiger partial charge in [0.2, 0.25) is 46.0 Å². The average Bonchev–Trinajstić information content (AvgIpc) is 1.61. The Labute approximate surface area is 719 Å². The summed E-state index contributed by atoms with van der Waals surface area (Å²) in [5, 5.41) is 16.3. The molecule has 4 aromatic heterocycles. The number of aryl methyl sites for hydroxylation is 2. The number of sulfonamides is 4. The van der Waals surface area contributed by atoms with Crippen LogP contribution >= 0.6 is 11.3 Å². The lowest BCUT2D eigenvalue weighted by atomic mass is 9.91. The van der Waals surface area contributed by atoms with Crippen molar-refractivity contribution in [2.45, 2.75) is 144 Å². The minimum Gasteiger partial charge on any atom is -0.441 e. The number of carbonyl (C=O) groups excluding carboxylic acids is 4. The summed E-state index contributed by atoms with van der Waals surface area (Å²) in [6, 6.07) is 22.6. The third kappa shape index (κ3) is 18.6. The number of aromatic nitrogens is 4. The Balaban J connectivity index is 0.000000173. The third-order valence-electron chi connectivity index (χ3n) is 22.0. The molecule has 0 unspecified atom stereocenters. The number of benzene rings is 5. The molecule has 35 nitrogen and oxygen atoms in total. The van der Waals surface area contributed by atoms with Gasteiger partial charge in [0.25, 0.3) is 17.7 Å². The minimum absolute atomic E-state index is 0.0777. The van der Waals surface area contributed by atoms with Crippen molar-refractivity contribution in [2.24, 2.45) is 42.9 Å². The number of methoxy groups -OCH3 is 1. The number of ether oxygens (including phenoxy) is 1. The van der Waals surface area contributed by atoms with Gasteiger partial charge in [0.15, 0.2) is 22.1 Å². The normalized spacial score (nSPS) is 23.2. The van der Waals surface area contributed by atoms with Crippen molar-refractivity contribution in [1.29, 1.82) is 0 Å². The Hall–Kier alpha value is -11.0. The second-order valence-electron chi connectivity index (χ2n) is 33.1. The number of hydrogen-bond acceptors (Lipinski definition) is 27. The molecule has 9 aromatic rings. The lowest BCUT2D eigenvalue weighted by Crippen LogP contribution is -2.50. The van der Waals surface area contributed by atoms with E-state index in [1.165, 1.54) is 181 Å². The second-order valence-corrected chi connectivity index (χ2v) is 44.3. The van der Waals surface area contributed by atoms with Crippen LogP contribution in [0.25, 0.3) is 16.1 Å². The maximum Gasteiger partial charge on any atom is 0.277 e. The van der Waals surface area contributed by atoms with E-state index in [4.69, 9.17) is 36.6 Å². The van der Waals surface area contributed by atoms with Gasteiger partial charge in [-0.2, -0.15) is 0 Å². The molecule has 12 N–H and O–H groups in total. The van der Waals surface area contributed by atoms with Gasteiger partial charge < -0.3 is 57.9 Å². The minimum atomic E-state index is -3.83. The molecule has 0 bridgehead atoms. The number of imidazole rings is 1. The standard InChI is InChI=1S/C23H26FN5O4S.C20H23FN6O3S2.C19H24FN5O4S.C18H27FN4O4S/c1-13-26-18-9-6-14(10-19(18)33-13)20(30)27-15-7-8-17(24)16(11-15)23(4)12-29(5)34(31,32)22(2,3)21(25)28-23;1-19(2)17(22)25-20(3,11-26(4)32(19,29)30)13-9-12(5-6-14(13)21)23-16(28)15-10-27-7-8-31-18(27)24-15;1-11-8-15(24-29-11)16(26)22-12-6-7-14(20)13(9-12)19(4)10-25(5)30(27,28)18(2,3)17(21)23-19;1-17(2)16(20)22-18(3,11-23(4)28(17,25)26)13-10-12(6-7-14(13)19)21-15(24)8-9-27-5/h6-11H,12H2,1-5H3,(H2,25,28)(H,27,30);5-10H,11H2,1-4H3,(H2,22,25)(H,23,28);6-9H,10H2,1-5H3,(H2,21,23)(H,22,26);6-7,10H,8-9,11H2,1-5H3,(H2,20,22)(H,21,24)/t23-;20-;19-;18-/m0000/s1. The lowest BCUT2D eigenvalue weighted by Gasteiger charge is -2.29. The van der Waals surface area contributed by atoms with Crippen molar-refractivity contribution in [2.75, 3.05) is 89.4 Å². The number of carbonyl (C=O) groups is 4. The monoisotopic (exact) mass is 1820 g/mol. The Morgan fingerprint density at radius 1 is 0.476 bits per heavy atom. The van der Waals surface area contributed by atoms with E-state index >= 15 is 0 Å². The Morgan fingerprint density at radius 3 is 1.16 bits per heavy atom. The number of nitrogens with two attached hydrogens (primary N) is 4. The number of oxazole rings is 1. The van der Waals surface area contributed by atoms with Crippen molar-refractivity contribution in [3.63, 3.8) is 0 Å². The number of hydrogen-bond donors (Lipinski definition) is 8. The Bertz CT molecular complexity index is 6320. The zero-order chi connectivity index (χ0) is 92.3. The number of rotatable bonds is 14. The van der Waals surface area contributed by atoms with E-state index in [9.17, 15) is 70.4 Å². The van der Waals surface area contributed by atoms with Gasteiger partial charge in [-0.3, -0.25) is 43.5 Å². The summed E-state index contributed by atoms with van der Waals surface area (Å²) in [6.45, 7) is 21.3. The van der Waals surface area contributed by atoms with Gasteiger partial charge in [-0.1, -0.05) is 5.16 Å². The topological polar surface area (TPSA) is 498 Å².